The molecule has 0 fully saturated rings. The van der Waals surface area contributed by atoms with Gasteiger partial charge in [-0.05, 0) is 48.4 Å². The number of aromatic nitrogens is 1. The van der Waals surface area contributed by atoms with Gasteiger partial charge in [-0.3, -0.25) is 0 Å². The molecular weight excluding hydrogens is 249 g/mol. The molecule has 0 N–H and O–H groups in total. The Kier molecular flexibility index (Phi) is 1.84. The largest absolute Gasteiger partial charge is 0.212 e. The molecule has 0 aliphatic heterocycles. The first-order valence-electron chi connectivity index (χ1n) is 10.3. The first-order chi connectivity index (χ1) is 12.5. The maximum absolute atomic E-state index is 14.1. The van der Waals surface area contributed by atoms with Gasteiger partial charge in [0.2, 0.25) is 5.69 Å². The summed E-state index contributed by atoms with van der Waals surface area (Å²) in [7, 11) is 1.40. The molecule has 0 spiro atoms. The van der Waals surface area contributed by atoms with Crippen LogP contribution in [0.25, 0.3) is 11.3 Å². The quantitative estimate of drug-likeness (QED) is 0.688. The van der Waals surface area contributed by atoms with Crippen molar-refractivity contribution in [3.8, 4) is 11.3 Å². The van der Waals surface area contributed by atoms with Crippen LogP contribution >= 0.6 is 0 Å². The topological polar surface area (TPSA) is 3.88 Å². The van der Waals surface area contributed by atoms with E-state index in [1.54, 1.807) is 20.8 Å². The molecular formula is C18H23FN+. The average molecular weight is 280 g/mol. The molecule has 2 heteroatoms. The van der Waals surface area contributed by atoms with Crippen molar-refractivity contribution >= 4 is 0 Å². The third-order valence-electron chi connectivity index (χ3n) is 3.06. The standard InChI is InChI=1S/C18H23FN/c1-12-9-14(19)7-8-15(12)17-10-16(18(3,4)5)13(2)11-20(17)6/h7-11H,1-6H3/q+1/i2D3,7D,8D,9D,10D,11D. The SMILES string of the molecule is [2H]c1c([2H])c(-c2c([2H])c(C(C)(C)C)c(C([2H])([2H])[2H])c([2H])[n+]2C)c(C)c([2H])c1F. The lowest BCUT2D eigenvalue weighted by molar-refractivity contribution is -0.660. The Labute approximate surface area is 132 Å². The maximum Gasteiger partial charge on any atom is 0.212 e. The predicted octanol–water partition coefficient (Wildman–Crippen LogP) is 4.23. The van der Waals surface area contributed by atoms with E-state index in [2.05, 4.69) is 0 Å². The summed E-state index contributed by atoms with van der Waals surface area (Å²) < 4.78 is 79.8. The minimum absolute atomic E-state index is 0.0139. The van der Waals surface area contributed by atoms with E-state index < -0.39 is 36.2 Å². The van der Waals surface area contributed by atoms with Crippen molar-refractivity contribution in [2.24, 2.45) is 7.05 Å². The van der Waals surface area contributed by atoms with Crippen LogP contribution in [-0.2, 0) is 12.5 Å². The summed E-state index contributed by atoms with van der Waals surface area (Å²) >= 11 is 0. The molecule has 0 aliphatic rings. The molecule has 1 aromatic heterocycles. The van der Waals surface area contributed by atoms with Gasteiger partial charge in [0.1, 0.15) is 14.2 Å². The maximum atomic E-state index is 14.1. The minimum Gasteiger partial charge on any atom is -0.207 e. The van der Waals surface area contributed by atoms with Gasteiger partial charge >= 0.3 is 0 Å². The summed E-state index contributed by atoms with van der Waals surface area (Å²) in [5.74, 6) is -1.12. The van der Waals surface area contributed by atoms with Gasteiger partial charge in [-0.2, -0.15) is 0 Å². The van der Waals surface area contributed by atoms with Crippen LogP contribution < -0.4 is 4.57 Å². The van der Waals surface area contributed by atoms with E-state index >= 15 is 0 Å². The van der Waals surface area contributed by atoms with Crippen LogP contribution in [0.1, 0.15) is 48.4 Å². The second-order valence-electron chi connectivity index (χ2n) is 5.83. The zero-order chi connectivity index (χ0) is 21.9. The van der Waals surface area contributed by atoms with Gasteiger partial charge in [0.25, 0.3) is 0 Å². The molecule has 2 aromatic rings. The molecule has 0 saturated heterocycles. The molecule has 20 heavy (non-hydrogen) atoms. The van der Waals surface area contributed by atoms with E-state index in [4.69, 9.17) is 11.0 Å². The highest BCUT2D eigenvalue weighted by molar-refractivity contribution is 5.62. The van der Waals surface area contributed by atoms with Gasteiger partial charge in [-0.1, -0.05) is 20.8 Å². The smallest absolute Gasteiger partial charge is 0.207 e. The van der Waals surface area contributed by atoms with E-state index in [0.29, 0.717) is 0 Å². The molecule has 106 valence electrons. The van der Waals surface area contributed by atoms with E-state index in [0.717, 1.165) is 4.57 Å². The Balaban J connectivity index is 3.17. The first kappa shape index (κ1) is 7.35. The van der Waals surface area contributed by atoms with Crippen molar-refractivity contribution in [2.75, 3.05) is 0 Å². The molecule has 0 atom stereocenters. The van der Waals surface area contributed by atoms with Gasteiger partial charge in [-0.25, -0.2) is 8.96 Å². The van der Waals surface area contributed by atoms with Gasteiger partial charge in [-0.15, -0.1) is 0 Å². The molecule has 1 nitrogen and oxygen atoms in total. The number of hydrogen-bond donors (Lipinski definition) is 0. The highest BCUT2D eigenvalue weighted by Crippen LogP contribution is 2.29. The van der Waals surface area contributed by atoms with Crippen molar-refractivity contribution in [3.63, 3.8) is 0 Å². The first-order valence-corrected chi connectivity index (χ1v) is 6.33. The van der Waals surface area contributed by atoms with Gasteiger partial charge in [0.05, 0.1) is 5.48 Å². The van der Waals surface area contributed by atoms with Crippen molar-refractivity contribution in [1.29, 1.82) is 0 Å². The molecule has 0 aliphatic carbocycles. The number of rotatable bonds is 1. The van der Waals surface area contributed by atoms with E-state index in [1.165, 1.54) is 14.0 Å². The molecule has 0 saturated carbocycles. The number of pyridine rings is 1. The Bertz CT molecular complexity index is 945. The normalized spacial score (nSPS) is 18.1. The van der Waals surface area contributed by atoms with Gasteiger partial charge < -0.3 is 0 Å². The van der Waals surface area contributed by atoms with E-state index in [9.17, 15) is 4.39 Å². The average Bonchev–Trinajstić information content (AvgIpc) is 2.55. The number of halogens is 1. The number of hydrogen-bond acceptors (Lipinski definition) is 0. The van der Waals surface area contributed by atoms with Crippen LogP contribution in [0, 0.1) is 19.6 Å². The summed E-state index contributed by atoms with van der Waals surface area (Å²) in [5.41, 5.74) is -0.856. The van der Waals surface area contributed by atoms with Crippen LogP contribution in [0.4, 0.5) is 4.39 Å². The number of nitrogens with zero attached hydrogens (tertiary/aromatic N) is 1. The number of benzene rings is 1. The second-order valence-corrected chi connectivity index (χ2v) is 5.83. The summed E-state index contributed by atoms with van der Waals surface area (Å²) in [6.07, 6.45) is -0.350. The van der Waals surface area contributed by atoms with Crippen LogP contribution in [-0.4, -0.2) is 0 Å². The van der Waals surface area contributed by atoms with Gasteiger partial charge in [0.15, 0.2) is 6.17 Å². The monoisotopic (exact) mass is 280 g/mol. The highest BCUT2D eigenvalue weighted by Gasteiger charge is 2.22. The van der Waals surface area contributed by atoms with E-state index in [-0.39, 0.29) is 40.2 Å². The lowest BCUT2D eigenvalue weighted by atomic mass is 9.84. The van der Waals surface area contributed by atoms with Crippen molar-refractivity contribution in [2.45, 2.75) is 40.0 Å². The summed E-state index contributed by atoms with van der Waals surface area (Å²) in [6.45, 7) is 3.96. The minimum atomic E-state index is -2.63. The molecule has 0 amide bonds. The summed E-state index contributed by atoms with van der Waals surface area (Å²) in [6, 6.07) is -2.04. The summed E-state index contributed by atoms with van der Waals surface area (Å²) in [4.78, 5) is 0. The lowest BCUT2D eigenvalue weighted by Gasteiger charge is -2.21. The third kappa shape index (κ3) is 2.74. The Morgan fingerprint density at radius 2 is 1.90 bits per heavy atom. The summed E-state index contributed by atoms with van der Waals surface area (Å²) in [5, 5.41) is 0. The Morgan fingerprint density at radius 1 is 1.20 bits per heavy atom. The molecule has 0 unspecified atom stereocenters. The third-order valence-corrected chi connectivity index (χ3v) is 3.06. The van der Waals surface area contributed by atoms with Crippen molar-refractivity contribution < 1.29 is 19.9 Å². The lowest BCUT2D eigenvalue weighted by Crippen LogP contribution is -2.33. The molecule has 0 bridgehead atoms. The molecule has 2 rings (SSSR count). The van der Waals surface area contributed by atoms with Crippen molar-refractivity contribution in [1.82, 2.24) is 0 Å². The highest BCUT2D eigenvalue weighted by atomic mass is 19.1. The van der Waals surface area contributed by atoms with Crippen molar-refractivity contribution in [3.05, 3.63) is 52.9 Å². The molecule has 1 heterocycles. The fraction of sp³-hybridized carbons (Fsp3) is 0.389. The zero-order valence-corrected chi connectivity index (χ0v) is 12.3. The van der Waals surface area contributed by atoms with Crippen LogP contribution in [0.2, 0.25) is 0 Å². The predicted molar refractivity (Wildman–Crippen MR) is 81.2 cm³/mol. The van der Waals surface area contributed by atoms with Gasteiger partial charge in [0, 0.05) is 21.3 Å². The fourth-order valence-corrected chi connectivity index (χ4v) is 2.04. The van der Waals surface area contributed by atoms with Crippen LogP contribution in [0.3, 0.4) is 0 Å². The molecule has 0 radical (unpaired) electrons. The fourth-order valence-electron chi connectivity index (χ4n) is 2.04. The Hall–Kier alpha value is -1.70. The van der Waals surface area contributed by atoms with Crippen LogP contribution in [0.15, 0.2) is 30.3 Å². The van der Waals surface area contributed by atoms with Crippen LogP contribution in [0.5, 0.6) is 0 Å². The zero-order valence-electron chi connectivity index (χ0n) is 20.3. The second kappa shape index (κ2) is 5.01. The molecule has 1 aromatic carbocycles. The van der Waals surface area contributed by atoms with E-state index in [1.807, 2.05) is 0 Å². The Morgan fingerprint density at radius 3 is 2.50 bits per heavy atom.